The van der Waals surface area contributed by atoms with E-state index in [4.69, 9.17) is 23.7 Å². The first-order valence-corrected chi connectivity index (χ1v) is 23.1. The molecule has 0 heterocycles. The second-order valence-corrected chi connectivity index (χ2v) is 20.5. The molecule has 4 atom stereocenters. The zero-order chi connectivity index (χ0) is 36.8. The van der Waals surface area contributed by atoms with Gasteiger partial charge >= 0.3 is 326 Å². The predicted octanol–water partition coefficient (Wildman–Crippen LogP) is 9.97. The summed E-state index contributed by atoms with van der Waals surface area (Å²) in [6.45, 7) is 7.18. The van der Waals surface area contributed by atoms with Crippen LogP contribution in [0.1, 0.15) is 48.1 Å². The van der Waals surface area contributed by atoms with Crippen LogP contribution in [0.5, 0.6) is 0 Å². The summed E-state index contributed by atoms with van der Waals surface area (Å²) in [5, 5.41) is 2.40. The van der Waals surface area contributed by atoms with Crippen molar-refractivity contribution in [3.8, 4) is 0 Å². The van der Waals surface area contributed by atoms with Gasteiger partial charge in [0.2, 0.25) is 0 Å². The van der Waals surface area contributed by atoms with Gasteiger partial charge in [-0.1, -0.05) is 6.07 Å². The summed E-state index contributed by atoms with van der Waals surface area (Å²) >= 11 is 1.02. The molecule has 0 spiro atoms. The summed E-state index contributed by atoms with van der Waals surface area (Å²) < 4.78 is 35.2. The molecule has 0 saturated heterocycles. The van der Waals surface area contributed by atoms with Gasteiger partial charge in [-0.15, -0.1) is 0 Å². The van der Waals surface area contributed by atoms with Crippen molar-refractivity contribution in [3.05, 3.63) is 179 Å². The predicted molar refractivity (Wildman–Crippen MR) is 217 cm³/mol. The van der Waals surface area contributed by atoms with E-state index in [0.29, 0.717) is 73.3 Å². The molecule has 0 N–H and O–H groups in total. The number of rotatable bonds is 25. The van der Waals surface area contributed by atoms with Gasteiger partial charge in [0, 0.05) is 0 Å². The second-order valence-electron chi connectivity index (χ2n) is 12.8. The van der Waals surface area contributed by atoms with Crippen LogP contribution in [-0.4, -0.2) is 60.9 Å². The first kappa shape index (κ1) is 41.1. The van der Waals surface area contributed by atoms with Crippen molar-refractivity contribution >= 4 is 29.9 Å². The van der Waals surface area contributed by atoms with Gasteiger partial charge in [-0.2, -0.15) is 0 Å². The van der Waals surface area contributed by atoms with Crippen molar-refractivity contribution in [1.29, 1.82) is 0 Å². The average Bonchev–Trinajstić information content (AvgIpc) is 3.21. The average molecular weight is 845 g/mol. The standard InChI is InChI=1S/C46H54O5Se2/c1-3-52-44(53-4-2)30-42(48-32-38-22-12-6-13-23-38)45(50-34-40-26-16-8-17-27-40)46(51-35-41-28-18-9-19-29-41)43(49-33-39-24-14-7-15-25-39)36-47-31-37-20-10-5-11-21-37/h5-29,42-46H,3-4,30-36H2,1-2H3/t42-,43+,45+,46-/m0/s1. The quantitative estimate of drug-likeness (QED) is 0.0548. The molecule has 0 aromatic heterocycles. The molecule has 53 heavy (non-hydrogen) atoms. The number of hydrogen-bond acceptors (Lipinski definition) is 5. The second kappa shape index (κ2) is 24.4. The molecule has 5 aromatic carbocycles. The van der Waals surface area contributed by atoms with Gasteiger partial charge in [0.25, 0.3) is 0 Å². The molecule has 0 aliphatic rings. The molecule has 0 saturated carbocycles. The Bertz CT molecular complexity index is 1620. The van der Waals surface area contributed by atoms with Crippen molar-refractivity contribution in [3.63, 3.8) is 0 Å². The van der Waals surface area contributed by atoms with E-state index in [1.54, 1.807) is 0 Å². The Morgan fingerprint density at radius 1 is 0.396 bits per heavy atom. The van der Waals surface area contributed by atoms with Gasteiger partial charge in [0.05, 0.1) is 0 Å². The van der Waals surface area contributed by atoms with Gasteiger partial charge in [0.1, 0.15) is 0 Å². The zero-order valence-corrected chi connectivity index (χ0v) is 34.5. The summed E-state index contributed by atoms with van der Waals surface area (Å²) in [5.74, 6) is 0. The fraction of sp³-hybridized carbons (Fsp3) is 0.348. The molecule has 5 aromatic rings. The molecular weight excluding hydrogens is 790 g/mol. The SMILES string of the molecule is CC[Se]C(C[C@H](OCc1ccccc1)[C@@H](OCc1ccccc1)[C@@H](OCc1ccccc1)[C@@H](COCc1ccccc1)OCc1ccccc1)[Se]CC. The Balaban J connectivity index is 1.53. The van der Waals surface area contributed by atoms with Crippen LogP contribution in [-0.2, 0) is 56.7 Å². The molecule has 0 fully saturated rings. The van der Waals surface area contributed by atoms with Crippen LogP contribution in [0, 0.1) is 0 Å². The number of benzene rings is 5. The summed E-state index contributed by atoms with van der Waals surface area (Å²) in [5.41, 5.74) is 5.55. The molecule has 0 bridgehead atoms. The number of hydrogen-bond donors (Lipinski definition) is 0. The Labute approximate surface area is 330 Å². The van der Waals surface area contributed by atoms with Crippen LogP contribution in [0.2, 0.25) is 14.4 Å². The van der Waals surface area contributed by atoms with Gasteiger partial charge < -0.3 is 0 Å². The molecule has 0 radical (unpaired) electrons. The monoisotopic (exact) mass is 846 g/mol. The Morgan fingerprint density at radius 2 is 0.717 bits per heavy atom. The molecular formula is C46H54O5Se2. The molecule has 0 unspecified atom stereocenters. The summed E-state index contributed by atoms with van der Waals surface area (Å²) in [6.07, 6.45) is -0.703. The van der Waals surface area contributed by atoms with E-state index in [1.165, 1.54) is 10.6 Å². The summed E-state index contributed by atoms with van der Waals surface area (Å²) in [7, 11) is 0. The Morgan fingerprint density at radius 3 is 1.09 bits per heavy atom. The molecule has 5 rings (SSSR count). The minimum absolute atomic E-state index is 0.233. The Hall–Kier alpha value is -3.06. The van der Waals surface area contributed by atoms with Crippen molar-refractivity contribution in [1.82, 2.24) is 0 Å². The van der Waals surface area contributed by atoms with Gasteiger partial charge in [-0.3, -0.25) is 0 Å². The van der Waals surface area contributed by atoms with Crippen molar-refractivity contribution < 1.29 is 23.7 Å². The molecule has 0 aliphatic heterocycles. The minimum atomic E-state index is -0.497. The topological polar surface area (TPSA) is 46.2 Å². The molecule has 0 amide bonds. The molecule has 280 valence electrons. The van der Waals surface area contributed by atoms with E-state index in [-0.39, 0.29) is 6.10 Å². The van der Waals surface area contributed by atoms with Gasteiger partial charge in [0.15, 0.2) is 0 Å². The summed E-state index contributed by atoms with van der Waals surface area (Å²) in [4.78, 5) is 0. The van der Waals surface area contributed by atoms with Crippen LogP contribution in [0.15, 0.2) is 152 Å². The van der Waals surface area contributed by atoms with E-state index in [0.717, 1.165) is 34.2 Å². The summed E-state index contributed by atoms with van der Waals surface area (Å²) in [6, 6.07) is 51.8. The molecule has 7 heteroatoms. The third-order valence-electron chi connectivity index (χ3n) is 8.76. The van der Waals surface area contributed by atoms with E-state index < -0.39 is 18.3 Å². The van der Waals surface area contributed by atoms with Crippen LogP contribution in [0.25, 0.3) is 0 Å². The van der Waals surface area contributed by atoms with E-state index in [9.17, 15) is 0 Å². The van der Waals surface area contributed by atoms with E-state index >= 15 is 0 Å². The van der Waals surface area contributed by atoms with Gasteiger partial charge in [-0.25, -0.2) is 0 Å². The first-order chi connectivity index (χ1) is 26.2. The van der Waals surface area contributed by atoms with Crippen LogP contribution >= 0.6 is 0 Å². The van der Waals surface area contributed by atoms with E-state index in [1.807, 2.05) is 54.6 Å². The van der Waals surface area contributed by atoms with E-state index in [2.05, 4.69) is 111 Å². The third-order valence-corrected chi connectivity index (χ3v) is 15.5. The maximum atomic E-state index is 7.11. The van der Waals surface area contributed by atoms with Crippen LogP contribution < -0.4 is 0 Å². The van der Waals surface area contributed by atoms with Crippen molar-refractivity contribution in [2.75, 3.05) is 6.61 Å². The zero-order valence-electron chi connectivity index (χ0n) is 31.0. The fourth-order valence-corrected chi connectivity index (χ4v) is 13.2. The normalized spacial score (nSPS) is 13.8. The fourth-order valence-electron chi connectivity index (χ4n) is 6.06. The maximum absolute atomic E-state index is 7.11. The first-order valence-electron chi connectivity index (χ1n) is 18.7. The Kier molecular flexibility index (Phi) is 18.9. The third kappa shape index (κ3) is 14.9. The van der Waals surface area contributed by atoms with Crippen molar-refractivity contribution in [2.45, 2.75) is 92.1 Å². The van der Waals surface area contributed by atoms with Crippen LogP contribution in [0.3, 0.4) is 0 Å². The van der Waals surface area contributed by atoms with Crippen LogP contribution in [0.4, 0.5) is 0 Å². The number of ether oxygens (including phenoxy) is 5. The van der Waals surface area contributed by atoms with Gasteiger partial charge in [-0.05, 0) is 0 Å². The molecule has 5 nitrogen and oxygen atoms in total. The molecule has 0 aliphatic carbocycles. The van der Waals surface area contributed by atoms with Crippen molar-refractivity contribution in [2.24, 2.45) is 0 Å².